The molecule has 9 aromatic rings. The van der Waals surface area contributed by atoms with Gasteiger partial charge in [-0.2, -0.15) is 5.26 Å². The number of rotatable bonds is 30. The van der Waals surface area contributed by atoms with Crippen molar-refractivity contribution in [2.75, 3.05) is 0 Å². The van der Waals surface area contributed by atoms with Crippen LogP contribution in [0.4, 0.5) is 0 Å². The molecule has 8 bridgehead atoms. The predicted octanol–water partition coefficient (Wildman–Crippen LogP) is 27.0. The van der Waals surface area contributed by atoms with Crippen molar-refractivity contribution in [1.29, 1.82) is 5.26 Å². The Bertz CT molecular complexity index is 4830. The third-order valence-electron chi connectivity index (χ3n) is 20.7. The number of aromatic nitrogens is 4. The first-order chi connectivity index (χ1) is 49.4. The third kappa shape index (κ3) is 16.9. The Labute approximate surface area is 616 Å². The molecule has 2 aliphatic rings. The van der Waals surface area contributed by atoms with Crippen molar-refractivity contribution < 1.29 is 9.90 Å². The van der Waals surface area contributed by atoms with Crippen LogP contribution in [0.5, 0.6) is 0 Å². The number of nitrogens with zero attached hydrogens (tertiary/aromatic N) is 3. The molecule has 0 aliphatic carbocycles. The molecule has 4 aromatic carbocycles. The lowest BCUT2D eigenvalue weighted by Crippen LogP contribution is -1.99. The van der Waals surface area contributed by atoms with Crippen LogP contribution in [0.3, 0.4) is 0 Å². The minimum Gasteiger partial charge on any atom is -0.477 e. The molecule has 11 rings (SSSR count). The first-order valence-electron chi connectivity index (χ1n) is 37.9. The van der Waals surface area contributed by atoms with Gasteiger partial charge in [-0.25, -0.2) is 14.8 Å². The maximum atomic E-state index is 12.4. The summed E-state index contributed by atoms with van der Waals surface area (Å²) in [6, 6.07) is 33.8. The van der Waals surface area contributed by atoms with E-state index in [0.29, 0.717) is 0 Å². The average molecular weight is 1390 g/mol. The zero-order valence-electron chi connectivity index (χ0n) is 62.9. The minimum atomic E-state index is -1.17. The molecule has 0 amide bonds. The van der Waals surface area contributed by atoms with Gasteiger partial charge in [-0.15, -0.1) is 22.7 Å². The van der Waals surface area contributed by atoms with Crippen molar-refractivity contribution in [3.8, 4) is 50.6 Å². The highest BCUT2D eigenvalue weighted by Crippen LogP contribution is 2.44. The zero-order chi connectivity index (χ0) is 72.1. The Morgan fingerprint density at radius 1 is 0.402 bits per heavy atom. The third-order valence-corrected chi connectivity index (χ3v) is 23.0. The van der Waals surface area contributed by atoms with E-state index in [1.165, 1.54) is 155 Å². The van der Waals surface area contributed by atoms with Gasteiger partial charge in [0.25, 0.3) is 0 Å². The van der Waals surface area contributed by atoms with Gasteiger partial charge >= 0.3 is 5.97 Å². The number of hydrogen-bond donors (Lipinski definition) is 3. The molecule has 7 heterocycles. The fourth-order valence-electron chi connectivity index (χ4n) is 16.0. The number of aliphatic carboxylic acids is 1. The van der Waals surface area contributed by atoms with Crippen molar-refractivity contribution in [3.05, 3.63) is 211 Å². The van der Waals surface area contributed by atoms with Crippen LogP contribution >= 0.6 is 22.7 Å². The molecule has 0 radical (unpaired) electrons. The van der Waals surface area contributed by atoms with Gasteiger partial charge in [0.1, 0.15) is 11.6 Å². The smallest absolute Gasteiger partial charge is 0.346 e. The molecule has 0 spiro atoms. The molecule has 102 heavy (non-hydrogen) atoms. The number of hydrogen-bond acceptors (Lipinski definition) is 6. The van der Waals surface area contributed by atoms with E-state index in [4.69, 9.17) is 9.97 Å². The second-order valence-electron chi connectivity index (χ2n) is 28.9. The molecule has 5 aromatic heterocycles. The van der Waals surface area contributed by atoms with Crippen LogP contribution in [-0.4, -0.2) is 31.0 Å². The zero-order valence-corrected chi connectivity index (χ0v) is 64.6. The number of nitrogens with one attached hydrogen (secondary N) is 2. The molecular formula is C93H105N5O2S2. The van der Waals surface area contributed by atoms with E-state index < -0.39 is 5.97 Å². The van der Waals surface area contributed by atoms with Gasteiger partial charge in [-0.05, 0) is 270 Å². The summed E-state index contributed by atoms with van der Waals surface area (Å²) in [6.45, 7) is 29.0. The lowest BCUT2D eigenvalue weighted by molar-refractivity contribution is -0.132. The molecule has 3 N–H and O–H groups in total. The molecule has 0 saturated carbocycles. The summed E-state index contributed by atoms with van der Waals surface area (Å²) in [6.07, 6.45) is 42.4. The first kappa shape index (κ1) is 74.3. The summed E-state index contributed by atoms with van der Waals surface area (Å²) in [5, 5.41) is 20.1. The van der Waals surface area contributed by atoms with Gasteiger partial charge in [0.2, 0.25) is 0 Å². The number of carbonyl (C=O) groups is 1. The van der Waals surface area contributed by atoms with Crippen LogP contribution in [-0.2, 0) is 30.5 Å². The van der Waals surface area contributed by atoms with Gasteiger partial charge < -0.3 is 15.1 Å². The Morgan fingerprint density at radius 2 is 0.706 bits per heavy atom. The second kappa shape index (κ2) is 34.4. The molecule has 9 heteroatoms. The predicted molar refractivity (Wildman–Crippen MR) is 442 cm³/mol. The number of H-pyrrole nitrogens is 2. The second-order valence-corrected chi connectivity index (χ2v) is 31.1. The van der Waals surface area contributed by atoms with Crippen molar-refractivity contribution in [2.45, 2.75) is 218 Å². The van der Waals surface area contributed by atoms with E-state index >= 15 is 0 Å². The SMILES string of the molecule is CCCCCCc1c(/C=C/c2ccc(-c3c4nc(c(-c5c(C)cc(C)cc5C)c5ccc([nH]5)c(-c5c(C)cc(C)cc5C)c5nc(c(-c6c(C)cc(C)cc6C)c6ccc3[nH]6)C=C5)C=C4)cc2)sc(/C=C/c2sc(/C=C(\C#N)C(=O)O)c(CCCCCC)c2CCCCCC)c1CCCCCC. The van der Waals surface area contributed by atoms with Gasteiger partial charge in [0.15, 0.2) is 0 Å². The Hall–Kier alpha value is -8.94. The number of benzene rings is 4. The number of carboxylic acid groups (broad SMARTS) is 1. The van der Waals surface area contributed by atoms with E-state index in [-0.39, 0.29) is 5.57 Å². The highest BCUT2D eigenvalue weighted by atomic mass is 32.1. The molecule has 7 nitrogen and oxygen atoms in total. The fourth-order valence-corrected chi connectivity index (χ4v) is 18.4. The van der Waals surface area contributed by atoms with Gasteiger partial charge in [0, 0.05) is 63.8 Å². The maximum absolute atomic E-state index is 12.4. The van der Waals surface area contributed by atoms with Crippen LogP contribution in [0.15, 0.2) is 90.5 Å². The highest BCUT2D eigenvalue weighted by Gasteiger charge is 2.25. The maximum Gasteiger partial charge on any atom is 0.346 e. The normalized spacial score (nSPS) is 12.3. The Kier molecular flexibility index (Phi) is 25.0. The van der Waals surface area contributed by atoms with Gasteiger partial charge in [0.05, 0.1) is 22.8 Å². The van der Waals surface area contributed by atoms with Crippen molar-refractivity contribution >= 4 is 105 Å². The number of nitriles is 1. The molecule has 0 unspecified atom stereocenters. The molecule has 0 fully saturated rings. The van der Waals surface area contributed by atoms with Gasteiger partial charge in [-0.3, -0.25) is 0 Å². The monoisotopic (exact) mass is 1390 g/mol. The van der Waals surface area contributed by atoms with Gasteiger partial charge in [-0.1, -0.05) is 188 Å². The molecule has 0 saturated heterocycles. The number of fused-ring (bicyclic) bond motifs is 8. The van der Waals surface area contributed by atoms with E-state index in [2.05, 4.69) is 234 Å². The molecule has 0 atom stereocenters. The molecule has 2 aliphatic heterocycles. The number of thiophene rings is 2. The van der Waals surface area contributed by atoms with Crippen LogP contribution in [0.25, 0.3) is 121 Å². The number of aromatic amines is 2. The minimum absolute atomic E-state index is 0.208. The summed E-state index contributed by atoms with van der Waals surface area (Å²) in [7, 11) is 0. The van der Waals surface area contributed by atoms with Crippen molar-refractivity contribution in [2.24, 2.45) is 0 Å². The average Bonchev–Trinajstić information content (AvgIpc) is 1.49. The summed E-state index contributed by atoms with van der Waals surface area (Å²) in [5.41, 5.74) is 33.6. The number of carboxylic acids is 1. The quantitative estimate of drug-likeness (QED) is 0.0235. The van der Waals surface area contributed by atoms with Crippen LogP contribution in [0.2, 0.25) is 0 Å². The largest absolute Gasteiger partial charge is 0.477 e. The lowest BCUT2D eigenvalue weighted by atomic mass is 9.92. The van der Waals surface area contributed by atoms with Crippen LogP contribution in [0, 0.1) is 73.6 Å². The molecular weight excluding hydrogens is 1280 g/mol. The summed E-state index contributed by atoms with van der Waals surface area (Å²) < 4.78 is 0. The topological polar surface area (TPSA) is 118 Å². The van der Waals surface area contributed by atoms with Crippen LogP contribution < -0.4 is 0 Å². The summed E-state index contributed by atoms with van der Waals surface area (Å²) >= 11 is 3.58. The summed E-state index contributed by atoms with van der Waals surface area (Å²) in [4.78, 5) is 36.7. The Balaban J connectivity index is 1.09. The number of unbranched alkanes of at least 4 members (excludes halogenated alkanes) is 12. The van der Waals surface area contributed by atoms with E-state index in [0.717, 1.165) is 160 Å². The van der Waals surface area contributed by atoms with E-state index in [9.17, 15) is 15.2 Å². The summed E-state index contributed by atoms with van der Waals surface area (Å²) in [5.74, 6) is -1.17. The Morgan fingerprint density at radius 3 is 1.03 bits per heavy atom. The highest BCUT2D eigenvalue weighted by molar-refractivity contribution is 7.15. The number of aryl methyl sites for hydroxylation is 9. The van der Waals surface area contributed by atoms with Crippen LogP contribution in [0.1, 0.15) is 251 Å². The fraction of sp³-hybridized carbons (Fsp3) is 0.355. The lowest BCUT2D eigenvalue weighted by Gasteiger charge is -2.14. The standard InChI is InChI=1S/C93H105N5O2S2/c1-14-18-22-26-30-70-71(31-27-23-19-15-2)83(48-49-84-72(32-28-24-20-16-3)73(33-29-25-21-17-4)85(102-84)56-69(57-94)93(99)100)101-82(70)47-36-67-34-37-68(38-35-67)89-74-39-41-76(95-74)90(86-61(8)50-58(5)51-62(86)9)78-43-45-80(97-78)92(88-65(12)54-60(7)55-66(88)13)81-46-44-79(98-81)91(77-42-40-75(89)96-77)87-63(10)52-59(6)53-64(87)11/h34-56,95,98H,14-33H2,1-13H3,(H,99,100)/b47-36+,49-48+,69-56+,89-74?,89-75?,90-76?,90-78?,91-77?,91-79?,92-80?,92-81?. The van der Waals surface area contributed by atoms with E-state index in [1.807, 2.05) is 17.4 Å². The molecule has 526 valence electrons. The van der Waals surface area contributed by atoms with E-state index in [1.54, 1.807) is 17.4 Å². The first-order valence-corrected chi connectivity index (χ1v) is 39.6. The van der Waals surface area contributed by atoms with Crippen molar-refractivity contribution in [3.63, 3.8) is 0 Å². The van der Waals surface area contributed by atoms with Crippen molar-refractivity contribution in [1.82, 2.24) is 19.9 Å².